The van der Waals surface area contributed by atoms with Crippen molar-refractivity contribution in [3.05, 3.63) is 35.4 Å². The van der Waals surface area contributed by atoms with Gasteiger partial charge < -0.3 is 4.90 Å². The third kappa shape index (κ3) is 2.34. The molecule has 0 unspecified atom stereocenters. The maximum absolute atomic E-state index is 12.3. The third-order valence-corrected chi connectivity index (χ3v) is 3.38. The highest BCUT2D eigenvalue weighted by atomic mass is 16.2. The lowest BCUT2D eigenvalue weighted by atomic mass is 10.0. The topological polar surface area (TPSA) is 20.3 Å². The number of carbonyl (C=O) groups excluding carboxylic acids is 1. The molecule has 1 aromatic carbocycles. The Labute approximate surface area is 103 Å². The summed E-state index contributed by atoms with van der Waals surface area (Å²) >= 11 is 0. The van der Waals surface area contributed by atoms with Crippen molar-refractivity contribution in [1.82, 2.24) is 4.90 Å². The van der Waals surface area contributed by atoms with Crippen molar-refractivity contribution in [3.8, 4) is 12.3 Å². The summed E-state index contributed by atoms with van der Waals surface area (Å²) in [5.41, 5.74) is 2.62. The lowest BCUT2D eigenvalue weighted by molar-refractivity contribution is -0.134. The van der Waals surface area contributed by atoms with Crippen molar-refractivity contribution in [2.45, 2.75) is 19.8 Å². The molecule has 0 atom stereocenters. The number of hydrogen-bond donors (Lipinski definition) is 0. The number of rotatable bonds is 3. The van der Waals surface area contributed by atoms with Crippen molar-refractivity contribution < 1.29 is 4.79 Å². The molecule has 0 aromatic heterocycles. The van der Waals surface area contributed by atoms with E-state index in [-0.39, 0.29) is 11.8 Å². The molecule has 0 aliphatic heterocycles. The van der Waals surface area contributed by atoms with E-state index in [1.54, 1.807) is 4.90 Å². The molecular weight excluding hydrogens is 210 g/mol. The first kappa shape index (κ1) is 11.7. The molecule has 17 heavy (non-hydrogen) atoms. The van der Waals surface area contributed by atoms with Crippen LogP contribution in [0.4, 0.5) is 0 Å². The van der Waals surface area contributed by atoms with E-state index < -0.39 is 0 Å². The number of amides is 1. The Morgan fingerprint density at radius 3 is 2.47 bits per heavy atom. The maximum atomic E-state index is 12.3. The molecule has 1 aliphatic carbocycles. The molecule has 0 saturated carbocycles. The van der Waals surface area contributed by atoms with Crippen LogP contribution in [0.15, 0.2) is 24.3 Å². The summed E-state index contributed by atoms with van der Waals surface area (Å²) in [7, 11) is 0. The predicted molar refractivity (Wildman–Crippen MR) is 68.4 cm³/mol. The van der Waals surface area contributed by atoms with Crippen LogP contribution in [0.1, 0.15) is 18.1 Å². The summed E-state index contributed by atoms with van der Waals surface area (Å²) in [6, 6.07) is 8.29. The monoisotopic (exact) mass is 227 g/mol. The highest BCUT2D eigenvalue weighted by molar-refractivity contribution is 5.80. The smallest absolute Gasteiger partial charge is 0.227 e. The summed E-state index contributed by atoms with van der Waals surface area (Å²) < 4.78 is 0. The SMILES string of the molecule is C#CCN(CC)C(=O)C1Cc2ccccc2C1. The standard InChI is InChI=1S/C15H17NO/c1-3-9-16(4-2)15(17)14-10-12-7-5-6-8-13(12)11-14/h1,5-8,14H,4,9-11H2,2H3. The molecule has 0 N–H and O–H groups in total. The van der Waals surface area contributed by atoms with E-state index in [9.17, 15) is 4.79 Å². The van der Waals surface area contributed by atoms with Crippen LogP contribution in [0.5, 0.6) is 0 Å². The molecule has 0 saturated heterocycles. The molecule has 1 aromatic rings. The van der Waals surface area contributed by atoms with E-state index in [2.05, 4.69) is 18.1 Å². The van der Waals surface area contributed by atoms with E-state index in [1.165, 1.54) is 11.1 Å². The van der Waals surface area contributed by atoms with Gasteiger partial charge in [-0.05, 0) is 30.9 Å². The van der Waals surface area contributed by atoms with Crippen LogP contribution in [0.3, 0.4) is 0 Å². The van der Waals surface area contributed by atoms with Crippen LogP contribution in [0, 0.1) is 18.3 Å². The van der Waals surface area contributed by atoms with Crippen LogP contribution in [-0.4, -0.2) is 23.9 Å². The Morgan fingerprint density at radius 1 is 1.41 bits per heavy atom. The lowest BCUT2D eigenvalue weighted by Gasteiger charge is -2.21. The summed E-state index contributed by atoms with van der Waals surface area (Å²) in [6.45, 7) is 3.08. The Hall–Kier alpha value is -1.75. The van der Waals surface area contributed by atoms with Crippen LogP contribution in [-0.2, 0) is 17.6 Å². The molecule has 0 fully saturated rings. The third-order valence-electron chi connectivity index (χ3n) is 3.38. The van der Waals surface area contributed by atoms with Crippen molar-refractivity contribution in [3.63, 3.8) is 0 Å². The van der Waals surface area contributed by atoms with Gasteiger partial charge in [0.25, 0.3) is 0 Å². The molecule has 0 radical (unpaired) electrons. The van der Waals surface area contributed by atoms with Gasteiger partial charge in [0.2, 0.25) is 5.91 Å². The molecular formula is C15H17NO. The second kappa shape index (κ2) is 5.05. The van der Waals surface area contributed by atoms with E-state index >= 15 is 0 Å². The lowest BCUT2D eigenvalue weighted by Crippen LogP contribution is -2.36. The molecule has 2 nitrogen and oxygen atoms in total. The van der Waals surface area contributed by atoms with Gasteiger partial charge in [0.05, 0.1) is 6.54 Å². The maximum Gasteiger partial charge on any atom is 0.227 e. The van der Waals surface area contributed by atoms with Gasteiger partial charge in [-0.1, -0.05) is 30.2 Å². The molecule has 88 valence electrons. The zero-order valence-electron chi connectivity index (χ0n) is 10.1. The quantitative estimate of drug-likeness (QED) is 0.722. The highest BCUT2D eigenvalue weighted by Gasteiger charge is 2.29. The van der Waals surface area contributed by atoms with Crippen LogP contribution >= 0.6 is 0 Å². The van der Waals surface area contributed by atoms with Crippen LogP contribution in [0.25, 0.3) is 0 Å². The second-order valence-electron chi connectivity index (χ2n) is 4.43. The van der Waals surface area contributed by atoms with Crippen molar-refractivity contribution >= 4 is 5.91 Å². The average Bonchev–Trinajstić information content (AvgIpc) is 2.78. The van der Waals surface area contributed by atoms with Gasteiger partial charge >= 0.3 is 0 Å². The van der Waals surface area contributed by atoms with Crippen molar-refractivity contribution in [2.24, 2.45) is 5.92 Å². The molecule has 0 bridgehead atoms. The van der Waals surface area contributed by atoms with Gasteiger partial charge in [-0.2, -0.15) is 0 Å². The van der Waals surface area contributed by atoms with Crippen LogP contribution < -0.4 is 0 Å². The van der Waals surface area contributed by atoms with Crippen molar-refractivity contribution in [1.29, 1.82) is 0 Å². The van der Waals surface area contributed by atoms with Gasteiger partial charge in [0.1, 0.15) is 0 Å². The summed E-state index contributed by atoms with van der Waals surface area (Å²) in [4.78, 5) is 14.0. The van der Waals surface area contributed by atoms with Gasteiger partial charge in [-0.3, -0.25) is 4.79 Å². The zero-order chi connectivity index (χ0) is 12.3. The largest absolute Gasteiger partial charge is 0.332 e. The first-order chi connectivity index (χ1) is 8.26. The van der Waals surface area contributed by atoms with E-state index in [1.807, 2.05) is 19.1 Å². The normalized spacial score (nSPS) is 14.1. The first-order valence-corrected chi connectivity index (χ1v) is 6.05. The molecule has 0 heterocycles. The van der Waals surface area contributed by atoms with Crippen molar-refractivity contribution in [2.75, 3.05) is 13.1 Å². The number of benzene rings is 1. The van der Waals surface area contributed by atoms with Gasteiger partial charge in [-0.15, -0.1) is 6.42 Å². The number of terminal acetylenes is 1. The Balaban J connectivity index is 2.08. The van der Waals surface area contributed by atoms with Gasteiger partial charge in [0, 0.05) is 12.5 Å². The molecule has 0 spiro atoms. The van der Waals surface area contributed by atoms with Gasteiger partial charge in [-0.25, -0.2) is 0 Å². The number of carbonyl (C=O) groups is 1. The molecule has 1 amide bonds. The number of hydrogen-bond acceptors (Lipinski definition) is 1. The summed E-state index contributed by atoms with van der Waals surface area (Å²) in [5, 5.41) is 0. The first-order valence-electron chi connectivity index (χ1n) is 6.05. The Bertz CT molecular complexity index is 433. The fraction of sp³-hybridized carbons (Fsp3) is 0.400. The Kier molecular flexibility index (Phi) is 3.49. The van der Waals surface area contributed by atoms with E-state index in [0.29, 0.717) is 13.1 Å². The Morgan fingerprint density at radius 2 is 2.00 bits per heavy atom. The molecule has 1 aliphatic rings. The second-order valence-corrected chi connectivity index (χ2v) is 4.43. The minimum absolute atomic E-state index is 0.0840. The summed E-state index contributed by atoms with van der Waals surface area (Å²) in [6.07, 6.45) is 7.00. The minimum atomic E-state index is 0.0840. The predicted octanol–water partition coefficient (Wildman–Crippen LogP) is 1.88. The molecule has 2 heteroatoms. The number of nitrogens with zero attached hydrogens (tertiary/aromatic N) is 1. The average molecular weight is 227 g/mol. The fourth-order valence-electron chi connectivity index (χ4n) is 2.45. The number of fused-ring (bicyclic) bond motifs is 1. The van der Waals surface area contributed by atoms with Crippen LogP contribution in [0.2, 0.25) is 0 Å². The fourth-order valence-corrected chi connectivity index (χ4v) is 2.45. The highest BCUT2D eigenvalue weighted by Crippen LogP contribution is 2.27. The minimum Gasteiger partial charge on any atom is -0.332 e. The molecule has 2 rings (SSSR count). The van der Waals surface area contributed by atoms with E-state index in [0.717, 1.165) is 12.8 Å². The zero-order valence-corrected chi connectivity index (χ0v) is 10.1. The summed E-state index contributed by atoms with van der Waals surface area (Å²) in [5.74, 6) is 2.83. The van der Waals surface area contributed by atoms with E-state index in [4.69, 9.17) is 6.42 Å². The van der Waals surface area contributed by atoms with Gasteiger partial charge in [0.15, 0.2) is 0 Å².